The highest BCUT2D eigenvalue weighted by atomic mass is 16.1. The Morgan fingerprint density at radius 2 is 1.84 bits per heavy atom. The molecular formula is C21H23N3O. The summed E-state index contributed by atoms with van der Waals surface area (Å²) in [5.41, 5.74) is 1.96. The zero-order chi connectivity index (χ0) is 17.7. The van der Waals surface area contributed by atoms with Gasteiger partial charge in [-0.3, -0.25) is 4.79 Å². The van der Waals surface area contributed by atoms with Crippen LogP contribution in [0, 0.1) is 6.92 Å². The van der Waals surface area contributed by atoms with Crippen molar-refractivity contribution in [3.63, 3.8) is 0 Å². The minimum atomic E-state index is -0.987. The van der Waals surface area contributed by atoms with Gasteiger partial charge in [-0.2, -0.15) is 5.10 Å². The summed E-state index contributed by atoms with van der Waals surface area (Å²) in [6, 6.07) is 18.0. The first-order valence-corrected chi connectivity index (χ1v) is 8.70. The molecule has 0 aliphatic rings. The van der Waals surface area contributed by atoms with Crippen LogP contribution in [0.15, 0.2) is 67.3 Å². The summed E-state index contributed by atoms with van der Waals surface area (Å²) < 4.78 is 1.70. The quantitative estimate of drug-likeness (QED) is 0.653. The molecule has 1 heterocycles. The van der Waals surface area contributed by atoms with Crippen molar-refractivity contribution in [1.29, 1.82) is 0 Å². The third kappa shape index (κ3) is 3.12. The van der Waals surface area contributed by atoms with Gasteiger partial charge in [-0.05, 0) is 24.5 Å². The van der Waals surface area contributed by atoms with E-state index in [1.165, 1.54) is 6.33 Å². The van der Waals surface area contributed by atoms with Crippen molar-refractivity contribution in [1.82, 2.24) is 14.8 Å². The monoisotopic (exact) mass is 333 g/mol. The molecule has 1 aromatic heterocycles. The Morgan fingerprint density at radius 1 is 1.08 bits per heavy atom. The SMILES string of the molecule is CCCCC(=O)C(c1ccccc1)(c1cccc(C)c1)n1cncn1. The number of carbonyl (C=O) groups excluding carboxylic acids is 1. The molecule has 4 heteroatoms. The number of nitrogens with zero attached hydrogens (tertiary/aromatic N) is 3. The highest BCUT2D eigenvalue weighted by Crippen LogP contribution is 2.36. The van der Waals surface area contributed by atoms with Gasteiger partial charge >= 0.3 is 0 Å². The fourth-order valence-corrected chi connectivity index (χ4v) is 3.33. The van der Waals surface area contributed by atoms with Crippen LogP contribution >= 0.6 is 0 Å². The first-order valence-electron chi connectivity index (χ1n) is 8.70. The Balaban J connectivity index is 2.30. The zero-order valence-electron chi connectivity index (χ0n) is 14.7. The molecule has 3 rings (SSSR count). The lowest BCUT2D eigenvalue weighted by Gasteiger charge is -2.34. The number of carbonyl (C=O) groups is 1. The van der Waals surface area contributed by atoms with Crippen molar-refractivity contribution in [2.75, 3.05) is 0 Å². The predicted molar refractivity (Wildman–Crippen MR) is 98.4 cm³/mol. The van der Waals surface area contributed by atoms with E-state index in [-0.39, 0.29) is 5.78 Å². The van der Waals surface area contributed by atoms with Gasteiger partial charge in [0.1, 0.15) is 12.7 Å². The van der Waals surface area contributed by atoms with E-state index in [0.29, 0.717) is 6.42 Å². The number of hydrogen-bond donors (Lipinski definition) is 0. The molecule has 0 amide bonds. The number of aryl methyl sites for hydroxylation is 1. The second kappa shape index (κ2) is 7.43. The molecule has 128 valence electrons. The van der Waals surface area contributed by atoms with E-state index in [1.54, 1.807) is 11.0 Å². The molecule has 25 heavy (non-hydrogen) atoms. The van der Waals surface area contributed by atoms with Gasteiger partial charge in [0, 0.05) is 6.42 Å². The molecule has 4 nitrogen and oxygen atoms in total. The summed E-state index contributed by atoms with van der Waals surface area (Å²) in [4.78, 5) is 17.7. The summed E-state index contributed by atoms with van der Waals surface area (Å²) in [7, 11) is 0. The van der Waals surface area contributed by atoms with Crippen molar-refractivity contribution < 1.29 is 4.79 Å². The Morgan fingerprint density at radius 3 is 2.48 bits per heavy atom. The number of ketones is 1. The lowest BCUT2D eigenvalue weighted by Crippen LogP contribution is -2.44. The van der Waals surface area contributed by atoms with Crippen molar-refractivity contribution in [2.24, 2.45) is 0 Å². The maximum Gasteiger partial charge on any atom is 0.172 e. The molecule has 2 aromatic carbocycles. The van der Waals surface area contributed by atoms with Gasteiger partial charge in [0.25, 0.3) is 0 Å². The Bertz CT molecular complexity index is 827. The minimum Gasteiger partial charge on any atom is -0.296 e. The molecule has 0 spiro atoms. The van der Waals surface area contributed by atoms with E-state index in [9.17, 15) is 4.79 Å². The molecule has 0 radical (unpaired) electrons. The van der Waals surface area contributed by atoms with Crippen LogP contribution in [0.2, 0.25) is 0 Å². The van der Waals surface area contributed by atoms with E-state index in [2.05, 4.69) is 23.1 Å². The molecule has 3 aromatic rings. The van der Waals surface area contributed by atoms with Gasteiger partial charge in [0.2, 0.25) is 0 Å². The maximum absolute atomic E-state index is 13.5. The predicted octanol–water partition coefficient (Wildman–Crippen LogP) is 4.14. The summed E-state index contributed by atoms with van der Waals surface area (Å²) in [6.45, 7) is 4.14. The van der Waals surface area contributed by atoms with E-state index in [4.69, 9.17) is 0 Å². The third-order valence-corrected chi connectivity index (χ3v) is 4.55. The Labute approximate surface area is 148 Å². The summed E-state index contributed by atoms with van der Waals surface area (Å²) >= 11 is 0. The van der Waals surface area contributed by atoms with Gasteiger partial charge in [-0.1, -0.05) is 73.5 Å². The standard InChI is InChI=1S/C21H23N3O/c1-3-4-13-20(25)21(24-16-22-15-23-24,18-10-6-5-7-11-18)19-12-8-9-17(2)14-19/h5-12,14-16H,3-4,13H2,1-2H3. The molecular weight excluding hydrogens is 310 g/mol. The summed E-state index contributed by atoms with van der Waals surface area (Å²) in [5, 5.41) is 4.39. The van der Waals surface area contributed by atoms with Gasteiger partial charge in [0.05, 0.1) is 0 Å². The lowest BCUT2D eigenvalue weighted by atomic mass is 9.77. The van der Waals surface area contributed by atoms with Crippen LogP contribution in [-0.2, 0) is 10.3 Å². The smallest absolute Gasteiger partial charge is 0.172 e. The van der Waals surface area contributed by atoms with E-state index < -0.39 is 5.54 Å². The number of Topliss-reactive ketones (excluding diaryl/α,β-unsaturated/α-hetero) is 1. The highest BCUT2D eigenvalue weighted by Gasteiger charge is 2.44. The van der Waals surface area contributed by atoms with Crippen molar-refractivity contribution >= 4 is 5.78 Å². The number of aromatic nitrogens is 3. The number of hydrogen-bond acceptors (Lipinski definition) is 3. The zero-order valence-corrected chi connectivity index (χ0v) is 14.7. The first kappa shape index (κ1) is 17.1. The van der Waals surface area contributed by atoms with Gasteiger partial charge in [0.15, 0.2) is 11.3 Å². The fraction of sp³-hybridized carbons (Fsp3) is 0.286. The number of benzene rings is 2. The highest BCUT2D eigenvalue weighted by molar-refractivity contribution is 5.93. The van der Waals surface area contributed by atoms with Crippen molar-refractivity contribution in [3.8, 4) is 0 Å². The molecule has 0 saturated heterocycles. The van der Waals surface area contributed by atoms with Crippen molar-refractivity contribution in [2.45, 2.75) is 38.6 Å². The average molecular weight is 333 g/mol. The first-order chi connectivity index (χ1) is 12.2. The van der Waals surface area contributed by atoms with Gasteiger partial charge in [-0.25, -0.2) is 9.67 Å². The number of rotatable bonds is 7. The molecule has 1 atom stereocenters. The number of unbranched alkanes of at least 4 members (excludes halogenated alkanes) is 1. The van der Waals surface area contributed by atoms with Crippen LogP contribution in [-0.4, -0.2) is 20.5 Å². The van der Waals surface area contributed by atoms with Crippen LogP contribution in [0.25, 0.3) is 0 Å². The van der Waals surface area contributed by atoms with Crippen LogP contribution in [0.1, 0.15) is 42.9 Å². The average Bonchev–Trinajstić information content (AvgIpc) is 3.16. The lowest BCUT2D eigenvalue weighted by molar-refractivity contribution is -0.124. The molecule has 0 aliphatic carbocycles. The third-order valence-electron chi connectivity index (χ3n) is 4.55. The Kier molecular flexibility index (Phi) is 5.08. The largest absolute Gasteiger partial charge is 0.296 e. The second-order valence-electron chi connectivity index (χ2n) is 6.31. The molecule has 0 N–H and O–H groups in total. The summed E-state index contributed by atoms with van der Waals surface area (Å²) in [5.74, 6) is 0.136. The topological polar surface area (TPSA) is 47.8 Å². The van der Waals surface area contributed by atoms with Crippen LogP contribution in [0.3, 0.4) is 0 Å². The van der Waals surface area contributed by atoms with Crippen molar-refractivity contribution in [3.05, 3.63) is 83.9 Å². The Hall–Kier alpha value is -2.75. The van der Waals surface area contributed by atoms with Crippen LogP contribution < -0.4 is 0 Å². The molecule has 0 aliphatic heterocycles. The van der Waals surface area contributed by atoms with Gasteiger partial charge < -0.3 is 0 Å². The van der Waals surface area contributed by atoms with E-state index >= 15 is 0 Å². The van der Waals surface area contributed by atoms with Crippen LogP contribution in [0.5, 0.6) is 0 Å². The minimum absolute atomic E-state index is 0.136. The van der Waals surface area contributed by atoms with E-state index in [1.807, 2.05) is 55.5 Å². The molecule has 0 fully saturated rings. The molecule has 0 saturated carbocycles. The normalized spacial score (nSPS) is 13.4. The van der Waals surface area contributed by atoms with E-state index in [0.717, 1.165) is 29.5 Å². The fourth-order valence-electron chi connectivity index (χ4n) is 3.33. The van der Waals surface area contributed by atoms with Crippen LogP contribution in [0.4, 0.5) is 0 Å². The summed E-state index contributed by atoms with van der Waals surface area (Å²) in [6.07, 6.45) is 5.45. The second-order valence-corrected chi connectivity index (χ2v) is 6.31. The molecule has 0 bridgehead atoms. The molecule has 1 unspecified atom stereocenters. The maximum atomic E-state index is 13.5. The van der Waals surface area contributed by atoms with Gasteiger partial charge in [-0.15, -0.1) is 0 Å².